The van der Waals surface area contributed by atoms with E-state index in [9.17, 15) is 17.6 Å². The Morgan fingerprint density at radius 3 is 2.26 bits per heavy atom. The van der Waals surface area contributed by atoms with Crippen molar-refractivity contribution in [2.24, 2.45) is 0 Å². The maximum absolute atomic E-state index is 14.0. The first kappa shape index (κ1) is 19.1. The average molecular weight is 449 g/mol. The number of halogens is 2. The molecule has 3 aromatic carbocycles. The summed E-state index contributed by atoms with van der Waals surface area (Å²) in [7, 11) is -3.87. The van der Waals surface area contributed by atoms with Gasteiger partial charge in [-0.3, -0.25) is 9.52 Å². The number of hydrogen-bond donors (Lipinski definition) is 2. The van der Waals surface area contributed by atoms with Gasteiger partial charge in [0.05, 0.1) is 21.8 Å². The average Bonchev–Trinajstić information content (AvgIpc) is 2.65. The van der Waals surface area contributed by atoms with Gasteiger partial charge in [-0.25, -0.2) is 12.8 Å². The lowest BCUT2D eigenvalue weighted by molar-refractivity contribution is 0.102. The standard InChI is InChI=1S/C19H14BrFN2O3S/c20-13-10-11-18(16(21)12-13)22-19(24)15-8-4-5-9-17(15)23-27(25,26)14-6-2-1-3-7-14/h1-12,23H,(H,22,24). The van der Waals surface area contributed by atoms with Gasteiger partial charge in [0.25, 0.3) is 15.9 Å². The van der Waals surface area contributed by atoms with Crippen LogP contribution in [0.1, 0.15) is 10.4 Å². The van der Waals surface area contributed by atoms with E-state index in [1.807, 2.05) is 0 Å². The number of anilines is 2. The summed E-state index contributed by atoms with van der Waals surface area (Å²) in [5.41, 5.74) is 0.152. The highest BCUT2D eigenvalue weighted by Crippen LogP contribution is 2.23. The Balaban J connectivity index is 1.89. The summed E-state index contributed by atoms with van der Waals surface area (Å²) in [6.07, 6.45) is 0. The monoisotopic (exact) mass is 448 g/mol. The van der Waals surface area contributed by atoms with Gasteiger partial charge in [0.1, 0.15) is 5.82 Å². The van der Waals surface area contributed by atoms with Gasteiger partial charge in [-0.1, -0.05) is 46.3 Å². The zero-order valence-corrected chi connectivity index (χ0v) is 16.2. The van der Waals surface area contributed by atoms with Gasteiger partial charge in [0, 0.05) is 4.47 Å². The number of sulfonamides is 1. The molecule has 0 saturated carbocycles. The molecule has 27 heavy (non-hydrogen) atoms. The molecular weight excluding hydrogens is 435 g/mol. The Kier molecular flexibility index (Phi) is 5.57. The van der Waals surface area contributed by atoms with E-state index in [0.717, 1.165) is 0 Å². The lowest BCUT2D eigenvalue weighted by Crippen LogP contribution is -2.19. The van der Waals surface area contributed by atoms with Crippen LogP contribution in [0.4, 0.5) is 15.8 Å². The zero-order chi connectivity index (χ0) is 19.4. The van der Waals surface area contributed by atoms with Crippen molar-refractivity contribution in [2.45, 2.75) is 4.90 Å². The number of hydrogen-bond acceptors (Lipinski definition) is 3. The Labute approximate surface area is 164 Å². The van der Waals surface area contributed by atoms with E-state index in [2.05, 4.69) is 26.0 Å². The molecule has 0 unspecified atom stereocenters. The van der Waals surface area contributed by atoms with Crippen molar-refractivity contribution in [1.82, 2.24) is 0 Å². The smallest absolute Gasteiger partial charge is 0.261 e. The number of amides is 1. The molecule has 0 heterocycles. The van der Waals surface area contributed by atoms with E-state index < -0.39 is 21.7 Å². The molecule has 0 aromatic heterocycles. The summed E-state index contributed by atoms with van der Waals surface area (Å²) in [6.45, 7) is 0. The highest BCUT2D eigenvalue weighted by Gasteiger charge is 2.19. The summed E-state index contributed by atoms with van der Waals surface area (Å²) in [6, 6.07) is 18.1. The largest absolute Gasteiger partial charge is 0.319 e. The number of nitrogens with one attached hydrogen (secondary N) is 2. The van der Waals surface area contributed by atoms with Crippen LogP contribution in [0.3, 0.4) is 0 Å². The number of benzene rings is 3. The van der Waals surface area contributed by atoms with Crippen molar-refractivity contribution < 1.29 is 17.6 Å². The zero-order valence-electron chi connectivity index (χ0n) is 13.8. The maximum atomic E-state index is 14.0. The third-order valence-electron chi connectivity index (χ3n) is 3.65. The third kappa shape index (κ3) is 4.53. The Morgan fingerprint density at radius 2 is 1.56 bits per heavy atom. The lowest BCUT2D eigenvalue weighted by Gasteiger charge is -2.13. The van der Waals surface area contributed by atoms with E-state index >= 15 is 0 Å². The van der Waals surface area contributed by atoms with Gasteiger partial charge in [0.2, 0.25) is 0 Å². The maximum Gasteiger partial charge on any atom is 0.261 e. The fourth-order valence-corrected chi connectivity index (χ4v) is 3.79. The Bertz CT molecular complexity index is 1090. The van der Waals surface area contributed by atoms with Crippen LogP contribution in [-0.2, 0) is 10.0 Å². The Morgan fingerprint density at radius 1 is 0.889 bits per heavy atom. The fraction of sp³-hybridized carbons (Fsp3) is 0. The van der Waals surface area contributed by atoms with E-state index in [-0.39, 0.29) is 21.8 Å². The lowest BCUT2D eigenvalue weighted by atomic mass is 10.1. The van der Waals surface area contributed by atoms with Crippen molar-refractivity contribution in [3.8, 4) is 0 Å². The second-order valence-electron chi connectivity index (χ2n) is 5.54. The van der Waals surface area contributed by atoms with Crippen LogP contribution in [0.25, 0.3) is 0 Å². The molecule has 0 aliphatic rings. The highest BCUT2D eigenvalue weighted by molar-refractivity contribution is 9.10. The first-order valence-electron chi connectivity index (χ1n) is 7.80. The van der Waals surface area contributed by atoms with Gasteiger partial charge in [0.15, 0.2) is 0 Å². The van der Waals surface area contributed by atoms with E-state index in [1.54, 1.807) is 36.4 Å². The molecule has 3 aromatic rings. The van der Waals surface area contributed by atoms with Gasteiger partial charge in [-0.15, -0.1) is 0 Å². The topological polar surface area (TPSA) is 75.3 Å². The molecule has 0 fully saturated rings. The molecule has 0 bridgehead atoms. The molecule has 0 aliphatic heterocycles. The minimum absolute atomic E-state index is 0.0103. The second-order valence-corrected chi connectivity index (χ2v) is 8.14. The van der Waals surface area contributed by atoms with Gasteiger partial charge >= 0.3 is 0 Å². The molecule has 138 valence electrons. The van der Waals surface area contributed by atoms with Crippen LogP contribution in [0, 0.1) is 5.82 Å². The van der Waals surface area contributed by atoms with E-state index in [4.69, 9.17) is 0 Å². The molecule has 0 spiro atoms. The molecule has 0 saturated heterocycles. The molecule has 0 atom stereocenters. The molecule has 1 amide bonds. The summed E-state index contributed by atoms with van der Waals surface area (Å²) in [5, 5.41) is 2.45. The molecule has 0 radical (unpaired) electrons. The summed E-state index contributed by atoms with van der Waals surface area (Å²) < 4.78 is 41.9. The van der Waals surface area contributed by atoms with Crippen LogP contribution in [-0.4, -0.2) is 14.3 Å². The van der Waals surface area contributed by atoms with Crippen molar-refractivity contribution in [3.05, 3.63) is 88.6 Å². The van der Waals surface area contributed by atoms with Crippen molar-refractivity contribution in [3.63, 3.8) is 0 Å². The van der Waals surface area contributed by atoms with Crippen molar-refractivity contribution in [2.75, 3.05) is 10.0 Å². The van der Waals surface area contributed by atoms with Crippen LogP contribution in [0.5, 0.6) is 0 Å². The normalized spacial score (nSPS) is 11.0. The van der Waals surface area contributed by atoms with E-state index in [1.165, 1.54) is 36.4 Å². The third-order valence-corrected chi connectivity index (χ3v) is 5.52. The SMILES string of the molecule is O=C(Nc1ccc(Br)cc1F)c1ccccc1NS(=O)(=O)c1ccccc1. The molecule has 8 heteroatoms. The highest BCUT2D eigenvalue weighted by atomic mass is 79.9. The minimum Gasteiger partial charge on any atom is -0.319 e. The van der Waals surface area contributed by atoms with Crippen LogP contribution < -0.4 is 10.0 Å². The number of carbonyl (C=O) groups is 1. The van der Waals surface area contributed by atoms with Crippen LogP contribution >= 0.6 is 15.9 Å². The summed E-state index contributed by atoms with van der Waals surface area (Å²) >= 11 is 3.14. The second kappa shape index (κ2) is 7.89. The first-order chi connectivity index (χ1) is 12.9. The summed E-state index contributed by atoms with van der Waals surface area (Å²) in [4.78, 5) is 12.6. The number of rotatable bonds is 5. The number of para-hydroxylation sites is 1. The fourth-order valence-electron chi connectivity index (χ4n) is 2.35. The van der Waals surface area contributed by atoms with Gasteiger partial charge in [-0.05, 0) is 42.5 Å². The molecule has 3 rings (SSSR count). The van der Waals surface area contributed by atoms with Crippen molar-refractivity contribution >= 4 is 43.2 Å². The minimum atomic E-state index is -3.87. The molecule has 5 nitrogen and oxygen atoms in total. The first-order valence-corrected chi connectivity index (χ1v) is 10.1. The van der Waals surface area contributed by atoms with Crippen molar-refractivity contribution in [1.29, 1.82) is 0 Å². The predicted octanol–water partition coefficient (Wildman–Crippen LogP) is 4.64. The van der Waals surface area contributed by atoms with Crippen LogP contribution in [0.2, 0.25) is 0 Å². The number of carbonyl (C=O) groups excluding carboxylic acids is 1. The van der Waals surface area contributed by atoms with Gasteiger partial charge < -0.3 is 5.32 Å². The summed E-state index contributed by atoms with van der Waals surface area (Å²) in [5.74, 6) is -1.25. The molecule has 0 aliphatic carbocycles. The molecular formula is C19H14BrFN2O3S. The molecule has 2 N–H and O–H groups in total. The Hall–Kier alpha value is -2.71. The quantitative estimate of drug-likeness (QED) is 0.596. The van der Waals surface area contributed by atoms with E-state index in [0.29, 0.717) is 4.47 Å². The van der Waals surface area contributed by atoms with Crippen LogP contribution in [0.15, 0.2) is 82.2 Å². The van der Waals surface area contributed by atoms with Gasteiger partial charge in [-0.2, -0.15) is 0 Å². The predicted molar refractivity (Wildman–Crippen MR) is 106 cm³/mol.